The molecule has 1 atom stereocenters. The second-order valence-electron chi connectivity index (χ2n) is 8.86. The first-order valence-electron chi connectivity index (χ1n) is 11.8. The topological polar surface area (TPSA) is 71.4 Å². The summed E-state index contributed by atoms with van der Waals surface area (Å²) in [6, 6.07) is 14.0. The summed E-state index contributed by atoms with van der Waals surface area (Å²) < 4.78 is 63.0. The molecule has 3 aromatic carbocycles. The van der Waals surface area contributed by atoms with Crippen molar-refractivity contribution < 1.29 is 36.6 Å². The van der Waals surface area contributed by atoms with Gasteiger partial charge in [0.1, 0.15) is 23.9 Å². The van der Waals surface area contributed by atoms with Gasteiger partial charge in [0.2, 0.25) is 0 Å². The third-order valence-electron chi connectivity index (χ3n) is 6.32. The van der Waals surface area contributed by atoms with E-state index in [1.54, 1.807) is 30.3 Å². The number of methoxy groups -OCH3 is 2. The molecule has 0 N–H and O–H groups in total. The van der Waals surface area contributed by atoms with Crippen molar-refractivity contribution in [1.82, 2.24) is 9.91 Å². The lowest BCUT2D eigenvalue weighted by atomic mass is 9.97. The van der Waals surface area contributed by atoms with Gasteiger partial charge in [0.05, 0.1) is 31.5 Å². The Bertz CT molecular complexity index is 1390. The summed E-state index contributed by atoms with van der Waals surface area (Å²) in [5, 5.41) is 5.79. The second kappa shape index (κ2) is 11.1. The van der Waals surface area contributed by atoms with Gasteiger partial charge in [-0.1, -0.05) is 12.1 Å². The molecular weight excluding hydrogens is 518 g/mol. The first kappa shape index (κ1) is 27.6. The number of alkyl halides is 3. The van der Waals surface area contributed by atoms with Crippen LogP contribution < -0.4 is 9.47 Å². The van der Waals surface area contributed by atoms with Crippen LogP contribution in [0.3, 0.4) is 0 Å². The molecule has 0 bridgehead atoms. The third kappa shape index (κ3) is 6.02. The van der Waals surface area contributed by atoms with Gasteiger partial charge in [0, 0.05) is 30.7 Å². The van der Waals surface area contributed by atoms with Crippen LogP contribution in [0.25, 0.3) is 0 Å². The molecule has 0 aliphatic carbocycles. The molecule has 0 aromatic heterocycles. The van der Waals surface area contributed by atoms with Crippen LogP contribution in [0.15, 0.2) is 71.8 Å². The van der Waals surface area contributed by atoms with Gasteiger partial charge in [-0.2, -0.15) is 18.3 Å². The summed E-state index contributed by atoms with van der Waals surface area (Å²) in [4.78, 5) is 27.4. The maximum absolute atomic E-state index is 13.6. The summed E-state index contributed by atoms with van der Waals surface area (Å²) in [7, 11) is 4.39. The molecule has 7 nitrogen and oxygen atoms in total. The number of carbonyl (C=O) groups excluding carboxylic acids is 2. The minimum Gasteiger partial charge on any atom is -0.497 e. The average Bonchev–Trinajstić information content (AvgIpc) is 3.37. The Morgan fingerprint density at radius 3 is 2.26 bits per heavy atom. The van der Waals surface area contributed by atoms with E-state index in [1.807, 2.05) is 0 Å². The van der Waals surface area contributed by atoms with E-state index in [0.29, 0.717) is 28.3 Å². The van der Waals surface area contributed by atoms with Crippen LogP contribution in [0, 0.1) is 5.82 Å². The molecule has 0 radical (unpaired) electrons. The molecule has 2 amide bonds. The number of rotatable bonds is 7. The Morgan fingerprint density at radius 2 is 1.67 bits per heavy atom. The van der Waals surface area contributed by atoms with Crippen LogP contribution in [0.2, 0.25) is 0 Å². The SMILES string of the molecule is COc1ccc(C2=NN(C(=O)CN(C)C(=O)c3ccc(C(F)(F)F)cc3)[C@@H](c3ccc(F)cc3)C2)c(OC)c1. The van der Waals surface area contributed by atoms with Crippen molar-refractivity contribution in [3.05, 3.63) is 94.8 Å². The lowest BCUT2D eigenvalue weighted by Gasteiger charge is -2.25. The van der Waals surface area contributed by atoms with E-state index in [9.17, 15) is 27.2 Å². The van der Waals surface area contributed by atoms with Crippen molar-refractivity contribution >= 4 is 17.5 Å². The number of nitrogens with zero attached hydrogens (tertiary/aromatic N) is 3. The van der Waals surface area contributed by atoms with Gasteiger partial charge in [-0.3, -0.25) is 9.59 Å². The molecular formula is C28H25F4N3O4. The number of likely N-dealkylation sites (N-methyl/N-ethyl adjacent to an activating group) is 1. The van der Waals surface area contributed by atoms with E-state index in [2.05, 4.69) is 5.10 Å². The van der Waals surface area contributed by atoms with Crippen LogP contribution in [-0.4, -0.2) is 55.2 Å². The maximum Gasteiger partial charge on any atom is 0.416 e. The number of hydrogen-bond acceptors (Lipinski definition) is 5. The zero-order valence-corrected chi connectivity index (χ0v) is 21.3. The zero-order valence-electron chi connectivity index (χ0n) is 21.3. The Labute approximate surface area is 222 Å². The Morgan fingerprint density at radius 1 is 1.00 bits per heavy atom. The van der Waals surface area contributed by atoms with Crippen LogP contribution in [0.5, 0.6) is 11.5 Å². The van der Waals surface area contributed by atoms with Gasteiger partial charge in [-0.05, 0) is 54.1 Å². The average molecular weight is 544 g/mol. The summed E-state index contributed by atoms with van der Waals surface area (Å²) in [5.41, 5.74) is 0.922. The number of benzene rings is 3. The first-order chi connectivity index (χ1) is 18.5. The van der Waals surface area contributed by atoms with Crippen LogP contribution in [0.4, 0.5) is 17.6 Å². The highest BCUT2D eigenvalue weighted by atomic mass is 19.4. The summed E-state index contributed by atoms with van der Waals surface area (Å²) in [6.07, 6.45) is -4.24. The van der Waals surface area contributed by atoms with Gasteiger partial charge >= 0.3 is 6.18 Å². The Balaban J connectivity index is 1.60. The van der Waals surface area contributed by atoms with E-state index in [4.69, 9.17) is 9.47 Å². The molecule has 4 rings (SSSR count). The van der Waals surface area contributed by atoms with Crippen molar-refractivity contribution in [3.63, 3.8) is 0 Å². The van der Waals surface area contributed by atoms with Crippen molar-refractivity contribution in [2.75, 3.05) is 27.8 Å². The molecule has 0 saturated carbocycles. The molecule has 11 heteroatoms. The molecule has 3 aromatic rings. The Kier molecular flexibility index (Phi) is 7.89. The predicted molar refractivity (Wildman–Crippen MR) is 135 cm³/mol. The number of carbonyl (C=O) groups is 2. The van der Waals surface area contributed by atoms with Crippen molar-refractivity contribution in [2.24, 2.45) is 5.10 Å². The maximum atomic E-state index is 13.6. The number of amides is 2. The second-order valence-corrected chi connectivity index (χ2v) is 8.86. The molecule has 1 aliphatic heterocycles. The van der Waals surface area contributed by atoms with Crippen LogP contribution >= 0.6 is 0 Å². The molecule has 204 valence electrons. The minimum atomic E-state index is -4.53. The van der Waals surface area contributed by atoms with Gasteiger partial charge in [-0.25, -0.2) is 9.40 Å². The number of ether oxygens (including phenoxy) is 2. The normalized spacial score (nSPS) is 15.1. The van der Waals surface area contributed by atoms with Gasteiger partial charge in [0.25, 0.3) is 11.8 Å². The smallest absolute Gasteiger partial charge is 0.416 e. The highest BCUT2D eigenvalue weighted by molar-refractivity contribution is 6.05. The van der Waals surface area contributed by atoms with Crippen molar-refractivity contribution in [3.8, 4) is 11.5 Å². The third-order valence-corrected chi connectivity index (χ3v) is 6.32. The molecule has 39 heavy (non-hydrogen) atoms. The molecule has 1 heterocycles. The number of hydrogen-bond donors (Lipinski definition) is 0. The largest absolute Gasteiger partial charge is 0.497 e. The van der Waals surface area contributed by atoms with Gasteiger partial charge in [0.15, 0.2) is 0 Å². The van der Waals surface area contributed by atoms with E-state index in [1.165, 1.54) is 38.4 Å². The fourth-order valence-electron chi connectivity index (χ4n) is 4.25. The monoisotopic (exact) mass is 543 g/mol. The Hall–Kier alpha value is -4.41. The lowest BCUT2D eigenvalue weighted by Crippen LogP contribution is -2.39. The molecule has 0 fully saturated rings. The summed E-state index contributed by atoms with van der Waals surface area (Å²) in [6.45, 7) is -0.395. The van der Waals surface area contributed by atoms with Gasteiger partial charge in [-0.15, -0.1) is 0 Å². The van der Waals surface area contributed by atoms with Crippen molar-refractivity contribution in [1.29, 1.82) is 0 Å². The minimum absolute atomic E-state index is 0.00182. The number of halogens is 4. The highest BCUT2D eigenvalue weighted by Gasteiger charge is 2.35. The van der Waals surface area contributed by atoms with Crippen molar-refractivity contribution in [2.45, 2.75) is 18.6 Å². The predicted octanol–water partition coefficient (Wildman–Crippen LogP) is 5.31. The van der Waals surface area contributed by atoms with Crippen LogP contribution in [0.1, 0.15) is 39.5 Å². The summed E-state index contributed by atoms with van der Waals surface area (Å²) in [5.74, 6) is -0.546. The molecule has 0 saturated heterocycles. The van der Waals surface area contributed by atoms with E-state index in [-0.39, 0.29) is 12.0 Å². The van der Waals surface area contributed by atoms with Gasteiger partial charge < -0.3 is 14.4 Å². The summed E-state index contributed by atoms with van der Waals surface area (Å²) >= 11 is 0. The molecule has 1 aliphatic rings. The highest BCUT2D eigenvalue weighted by Crippen LogP contribution is 2.36. The van der Waals surface area contributed by atoms with Crippen LogP contribution in [-0.2, 0) is 11.0 Å². The number of hydrazone groups is 1. The first-order valence-corrected chi connectivity index (χ1v) is 11.8. The fraction of sp³-hybridized carbons (Fsp3) is 0.250. The zero-order chi connectivity index (χ0) is 28.3. The fourth-order valence-corrected chi connectivity index (χ4v) is 4.25. The van der Waals surface area contributed by atoms with E-state index in [0.717, 1.165) is 29.2 Å². The quantitative estimate of drug-likeness (QED) is 0.379. The van der Waals surface area contributed by atoms with E-state index >= 15 is 0 Å². The molecule has 0 unspecified atom stereocenters. The van der Waals surface area contributed by atoms with E-state index < -0.39 is 42.0 Å². The molecule has 0 spiro atoms. The standard InChI is InChI=1S/C28H25F4N3O4/c1-34(27(37)18-4-8-19(9-5-18)28(30,31)32)16-26(36)35-24(17-6-10-20(29)11-7-17)15-23(33-35)22-13-12-21(38-2)14-25(22)39-3/h4-14,24H,15-16H2,1-3H3/t24-/m1/s1. The lowest BCUT2D eigenvalue weighted by molar-refractivity contribution is -0.137.